The van der Waals surface area contributed by atoms with Crippen LogP contribution in [0.5, 0.6) is 0 Å². The van der Waals surface area contributed by atoms with Crippen molar-refractivity contribution in [1.29, 1.82) is 0 Å². The maximum absolute atomic E-state index is 13.7. The minimum absolute atomic E-state index is 0.0435. The van der Waals surface area contributed by atoms with Crippen molar-refractivity contribution in [1.82, 2.24) is 10.2 Å². The summed E-state index contributed by atoms with van der Waals surface area (Å²) >= 11 is 6.28. The SMILES string of the molecule is CC[C@H](C)NC(=O)[C@@H](C)N(Cc1ccccc1Cl)C(=O)CCCN(c1ccc(F)c(F)c1)S(C)(=O)=O. The molecule has 0 aliphatic heterocycles. The number of anilines is 1. The number of rotatable bonds is 12. The van der Waals surface area contributed by atoms with Crippen LogP contribution in [0.3, 0.4) is 0 Å². The monoisotopic (exact) mass is 543 g/mol. The molecular weight excluding hydrogens is 512 g/mol. The van der Waals surface area contributed by atoms with Crippen LogP contribution < -0.4 is 9.62 Å². The van der Waals surface area contributed by atoms with Crippen LogP contribution in [0.4, 0.5) is 14.5 Å². The summed E-state index contributed by atoms with van der Waals surface area (Å²) < 4.78 is 52.5. The fourth-order valence-corrected chi connectivity index (χ4v) is 4.66. The lowest BCUT2D eigenvalue weighted by atomic mass is 10.1. The van der Waals surface area contributed by atoms with E-state index in [-0.39, 0.29) is 49.5 Å². The van der Waals surface area contributed by atoms with Crippen LogP contribution in [0.2, 0.25) is 5.02 Å². The summed E-state index contributed by atoms with van der Waals surface area (Å²) in [6.45, 7) is 5.37. The molecule has 198 valence electrons. The zero-order valence-corrected chi connectivity index (χ0v) is 22.4. The third kappa shape index (κ3) is 8.16. The van der Waals surface area contributed by atoms with E-state index < -0.39 is 27.7 Å². The van der Waals surface area contributed by atoms with Crippen molar-refractivity contribution in [3.8, 4) is 0 Å². The first-order chi connectivity index (χ1) is 16.8. The Kier molecular flexibility index (Phi) is 10.7. The average Bonchev–Trinajstić information content (AvgIpc) is 2.81. The van der Waals surface area contributed by atoms with Crippen LogP contribution >= 0.6 is 11.6 Å². The highest BCUT2D eigenvalue weighted by molar-refractivity contribution is 7.92. The van der Waals surface area contributed by atoms with Crippen LogP contribution in [0.25, 0.3) is 0 Å². The molecule has 1 N–H and O–H groups in total. The average molecular weight is 544 g/mol. The maximum atomic E-state index is 13.7. The lowest BCUT2D eigenvalue weighted by Gasteiger charge is -2.30. The number of nitrogens with one attached hydrogen (secondary N) is 1. The summed E-state index contributed by atoms with van der Waals surface area (Å²) in [6, 6.07) is 8.91. The van der Waals surface area contributed by atoms with Gasteiger partial charge in [-0.2, -0.15) is 0 Å². The molecule has 0 aliphatic rings. The molecule has 0 unspecified atom stereocenters. The van der Waals surface area contributed by atoms with Gasteiger partial charge in [0.25, 0.3) is 0 Å². The molecular formula is C25H32ClF2N3O4S. The molecule has 0 aromatic heterocycles. The van der Waals surface area contributed by atoms with Crippen molar-refractivity contribution < 1.29 is 26.8 Å². The first kappa shape index (κ1) is 29.5. The van der Waals surface area contributed by atoms with E-state index in [0.29, 0.717) is 10.6 Å². The third-order valence-electron chi connectivity index (χ3n) is 5.81. The van der Waals surface area contributed by atoms with Gasteiger partial charge in [-0.25, -0.2) is 17.2 Å². The van der Waals surface area contributed by atoms with Crippen LogP contribution in [-0.2, 0) is 26.2 Å². The summed E-state index contributed by atoms with van der Waals surface area (Å²) in [5, 5.41) is 3.32. The van der Waals surface area contributed by atoms with Gasteiger partial charge < -0.3 is 10.2 Å². The highest BCUT2D eigenvalue weighted by Gasteiger charge is 2.28. The van der Waals surface area contributed by atoms with Crippen molar-refractivity contribution in [2.45, 2.75) is 58.7 Å². The van der Waals surface area contributed by atoms with Crippen molar-refractivity contribution >= 4 is 39.1 Å². The Hall–Kier alpha value is -2.72. The minimum Gasteiger partial charge on any atom is -0.352 e. The normalized spacial score (nSPS) is 13.1. The first-order valence-corrected chi connectivity index (χ1v) is 13.8. The summed E-state index contributed by atoms with van der Waals surface area (Å²) in [6.07, 6.45) is 1.67. The molecule has 0 fully saturated rings. The molecule has 0 aliphatic carbocycles. The highest BCUT2D eigenvalue weighted by Crippen LogP contribution is 2.22. The Labute approximate surface area is 216 Å². The number of hydrogen-bond acceptors (Lipinski definition) is 4. The van der Waals surface area contributed by atoms with Gasteiger partial charge in [0.1, 0.15) is 6.04 Å². The number of amides is 2. The Morgan fingerprint density at radius 1 is 1.08 bits per heavy atom. The van der Waals surface area contributed by atoms with E-state index in [0.717, 1.165) is 35.2 Å². The van der Waals surface area contributed by atoms with Crippen molar-refractivity contribution in [3.63, 3.8) is 0 Å². The minimum atomic E-state index is -3.83. The van der Waals surface area contributed by atoms with E-state index in [4.69, 9.17) is 11.6 Å². The maximum Gasteiger partial charge on any atom is 0.242 e. The van der Waals surface area contributed by atoms with Crippen LogP contribution in [0.15, 0.2) is 42.5 Å². The number of carbonyl (C=O) groups is 2. The molecule has 0 saturated carbocycles. The molecule has 0 spiro atoms. The van der Waals surface area contributed by atoms with E-state index >= 15 is 0 Å². The summed E-state index contributed by atoms with van der Waals surface area (Å²) in [4.78, 5) is 27.5. The van der Waals surface area contributed by atoms with Gasteiger partial charge >= 0.3 is 0 Å². The van der Waals surface area contributed by atoms with E-state index in [9.17, 15) is 26.8 Å². The van der Waals surface area contributed by atoms with E-state index in [1.54, 1.807) is 31.2 Å². The molecule has 0 radical (unpaired) electrons. The van der Waals surface area contributed by atoms with Crippen molar-refractivity contribution in [3.05, 3.63) is 64.7 Å². The summed E-state index contributed by atoms with van der Waals surface area (Å²) in [5.41, 5.74) is 0.619. The second-order valence-electron chi connectivity index (χ2n) is 8.64. The first-order valence-electron chi connectivity index (χ1n) is 11.6. The smallest absolute Gasteiger partial charge is 0.242 e. The van der Waals surface area contributed by atoms with Crippen molar-refractivity contribution in [2.75, 3.05) is 17.1 Å². The second kappa shape index (κ2) is 13.0. The molecule has 2 aromatic carbocycles. The van der Waals surface area contributed by atoms with E-state index in [2.05, 4.69) is 5.32 Å². The quantitative estimate of drug-likeness (QED) is 0.427. The fraction of sp³-hybridized carbons (Fsp3) is 0.440. The summed E-state index contributed by atoms with van der Waals surface area (Å²) in [5.74, 6) is -2.96. The van der Waals surface area contributed by atoms with Gasteiger partial charge in [-0.1, -0.05) is 36.7 Å². The number of halogens is 3. The lowest BCUT2D eigenvalue weighted by Crippen LogP contribution is -2.49. The standard InChI is InChI=1S/C25H32ClF2N3O4S/c1-5-17(2)29-25(33)18(3)30(16-19-9-6-7-10-21(19)26)24(32)11-8-14-31(36(4,34)35)20-12-13-22(27)23(28)15-20/h6-7,9-10,12-13,15,17-18H,5,8,11,14,16H2,1-4H3,(H,29,33)/t17-,18+/m0/s1. The van der Waals surface area contributed by atoms with Crippen molar-refractivity contribution in [2.24, 2.45) is 0 Å². The van der Waals surface area contributed by atoms with Gasteiger partial charge in [-0.3, -0.25) is 13.9 Å². The number of benzene rings is 2. The molecule has 2 atom stereocenters. The topological polar surface area (TPSA) is 86.8 Å². The van der Waals surface area contributed by atoms with Gasteiger partial charge in [-0.15, -0.1) is 0 Å². The molecule has 2 aromatic rings. The second-order valence-corrected chi connectivity index (χ2v) is 11.0. The van der Waals surface area contributed by atoms with Gasteiger partial charge in [-0.05, 0) is 50.5 Å². The molecule has 7 nitrogen and oxygen atoms in total. The Morgan fingerprint density at radius 3 is 2.33 bits per heavy atom. The molecule has 2 rings (SSSR count). The number of nitrogens with zero attached hydrogens (tertiary/aromatic N) is 2. The Morgan fingerprint density at radius 2 is 1.75 bits per heavy atom. The van der Waals surface area contributed by atoms with Gasteiger partial charge in [0, 0.05) is 36.6 Å². The Bertz CT molecular complexity index is 1180. The zero-order chi connectivity index (χ0) is 27.0. The molecule has 0 bridgehead atoms. The summed E-state index contributed by atoms with van der Waals surface area (Å²) in [7, 11) is -3.83. The highest BCUT2D eigenvalue weighted by atomic mass is 35.5. The predicted octanol–water partition coefficient (Wildman–Crippen LogP) is 4.50. The fourth-order valence-electron chi connectivity index (χ4n) is 3.50. The molecule has 0 heterocycles. The van der Waals surface area contributed by atoms with Gasteiger partial charge in [0.15, 0.2) is 11.6 Å². The Balaban J connectivity index is 2.20. The predicted molar refractivity (Wildman–Crippen MR) is 137 cm³/mol. The van der Waals surface area contributed by atoms with E-state index in [1.807, 2.05) is 13.8 Å². The van der Waals surface area contributed by atoms with Crippen LogP contribution in [0, 0.1) is 11.6 Å². The van der Waals surface area contributed by atoms with Crippen LogP contribution in [0.1, 0.15) is 45.6 Å². The largest absolute Gasteiger partial charge is 0.352 e. The zero-order valence-electron chi connectivity index (χ0n) is 20.8. The number of sulfonamides is 1. The molecule has 0 saturated heterocycles. The van der Waals surface area contributed by atoms with Gasteiger partial charge in [0.2, 0.25) is 21.8 Å². The molecule has 36 heavy (non-hydrogen) atoms. The van der Waals surface area contributed by atoms with E-state index in [1.165, 1.54) is 4.90 Å². The number of hydrogen-bond donors (Lipinski definition) is 1. The number of carbonyl (C=O) groups excluding carboxylic acids is 2. The molecule has 11 heteroatoms. The molecule has 2 amide bonds. The van der Waals surface area contributed by atoms with Gasteiger partial charge in [0.05, 0.1) is 11.9 Å². The van der Waals surface area contributed by atoms with Crippen LogP contribution in [-0.4, -0.2) is 50.0 Å². The lowest BCUT2D eigenvalue weighted by molar-refractivity contribution is -0.140. The third-order valence-corrected chi connectivity index (χ3v) is 7.37.